The monoisotopic (exact) mass is 162 g/mol. The van der Waals surface area contributed by atoms with Crippen LogP contribution in [0.4, 0.5) is 5.69 Å². The fraction of sp³-hybridized carbons (Fsp3) is 0.222. The molecule has 3 nitrogen and oxygen atoms in total. The number of rotatable bonds is 2. The molecule has 0 radical (unpaired) electrons. The van der Waals surface area contributed by atoms with Crippen molar-refractivity contribution in [1.82, 2.24) is 0 Å². The summed E-state index contributed by atoms with van der Waals surface area (Å²) < 4.78 is 4.95. The molecule has 12 heavy (non-hydrogen) atoms. The Morgan fingerprint density at radius 2 is 1.92 bits per heavy atom. The molecule has 0 spiro atoms. The van der Waals surface area contributed by atoms with Gasteiger partial charge in [-0.3, -0.25) is 5.43 Å². The van der Waals surface area contributed by atoms with E-state index in [9.17, 15) is 0 Å². The highest BCUT2D eigenvalue weighted by Crippen LogP contribution is 2.05. The molecule has 0 atom stereocenters. The van der Waals surface area contributed by atoms with Gasteiger partial charge in [-0.25, -0.2) is 0 Å². The highest BCUT2D eigenvalue weighted by atomic mass is 16.5. The summed E-state index contributed by atoms with van der Waals surface area (Å²) in [5.41, 5.74) is 5.03. The lowest BCUT2D eigenvalue weighted by molar-refractivity contribution is 0.159. The molecule has 62 valence electrons. The van der Waals surface area contributed by atoms with E-state index >= 15 is 0 Å². The maximum atomic E-state index is 4.95. The first-order valence-corrected chi connectivity index (χ1v) is 3.89. The zero-order chi connectivity index (χ0) is 8.23. The van der Waals surface area contributed by atoms with Crippen LogP contribution in [0.5, 0.6) is 0 Å². The number of para-hydroxylation sites is 1. The van der Waals surface area contributed by atoms with Gasteiger partial charge in [0.2, 0.25) is 0 Å². The molecule has 1 heterocycles. The Kier molecular flexibility index (Phi) is 2.05. The fourth-order valence-corrected chi connectivity index (χ4v) is 0.914. The number of hydrazone groups is 1. The Balaban J connectivity index is 1.95. The molecule has 0 bridgehead atoms. The molecule has 0 saturated carbocycles. The molecule has 1 fully saturated rings. The third-order valence-corrected chi connectivity index (χ3v) is 1.65. The first-order chi connectivity index (χ1) is 5.95. The van der Waals surface area contributed by atoms with E-state index in [0.717, 1.165) is 11.4 Å². The van der Waals surface area contributed by atoms with Crippen LogP contribution in [0, 0.1) is 0 Å². The fourth-order valence-electron chi connectivity index (χ4n) is 0.914. The maximum absolute atomic E-state index is 4.95. The molecule has 0 aromatic heterocycles. The average molecular weight is 162 g/mol. The average Bonchev–Trinajstić information content (AvgIpc) is 2.04. The summed E-state index contributed by atoms with van der Waals surface area (Å²) in [6, 6.07) is 9.87. The molecule has 3 heteroatoms. The third-order valence-electron chi connectivity index (χ3n) is 1.65. The van der Waals surface area contributed by atoms with E-state index in [1.54, 1.807) is 0 Å². The van der Waals surface area contributed by atoms with Gasteiger partial charge in [-0.15, -0.1) is 0 Å². The lowest BCUT2D eigenvalue weighted by Gasteiger charge is -2.15. The number of ether oxygens (including phenoxy) is 1. The van der Waals surface area contributed by atoms with Gasteiger partial charge >= 0.3 is 0 Å². The van der Waals surface area contributed by atoms with Crippen LogP contribution in [0.3, 0.4) is 0 Å². The Morgan fingerprint density at radius 1 is 1.17 bits per heavy atom. The topological polar surface area (TPSA) is 33.6 Å². The van der Waals surface area contributed by atoms with Gasteiger partial charge in [0, 0.05) is 0 Å². The number of nitrogens with one attached hydrogen (secondary N) is 1. The quantitative estimate of drug-likeness (QED) is 0.668. The molecular formula is C9H10N2O. The van der Waals surface area contributed by atoms with E-state index in [1.807, 2.05) is 30.3 Å². The molecule has 1 aromatic rings. The predicted molar refractivity (Wildman–Crippen MR) is 48.3 cm³/mol. The number of nitrogens with zero attached hydrogens (tertiary/aromatic N) is 1. The second-order valence-corrected chi connectivity index (χ2v) is 2.65. The molecule has 1 aliphatic heterocycles. The van der Waals surface area contributed by atoms with Gasteiger partial charge in [-0.2, -0.15) is 5.10 Å². The van der Waals surface area contributed by atoms with Crippen molar-refractivity contribution in [3.63, 3.8) is 0 Å². The first-order valence-electron chi connectivity index (χ1n) is 3.89. The number of hydrogen-bond donors (Lipinski definition) is 1. The SMILES string of the molecule is c1ccc(NN=C2COC2)cc1. The highest BCUT2D eigenvalue weighted by molar-refractivity contribution is 5.91. The van der Waals surface area contributed by atoms with Gasteiger partial charge in [-0.05, 0) is 12.1 Å². The second kappa shape index (κ2) is 3.36. The van der Waals surface area contributed by atoms with Crippen molar-refractivity contribution in [2.24, 2.45) is 5.10 Å². The summed E-state index contributed by atoms with van der Waals surface area (Å²) in [5.74, 6) is 0. The summed E-state index contributed by atoms with van der Waals surface area (Å²) in [7, 11) is 0. The third kappa shape index (κ3) is 1.62. The zero-order valence-corrected chi connectivity index (χ0v) is 6.66. The van der Waals surface area contributed by atoms with Crippen molar-refractivity contribution >= 4 is 11.4 Å². The van der Waals surface area contributed by atoms with Crippen LogP contribution in [0.15, 0.2) is 35.4 Å². The lowest BCUT2D eigenvalue weighted by atomic mass is 10.3. The standard InChI is InChI=1S/C9H10N2O/c1-2-4-8(5-3-1)10-11-9-6-12-7-9/h1-5,10H,6-7H2. The van der Waals surface area contributed by atoms with Crippen LogP contribution in [0.2, 0.25) is 0 Å². The van der Waals surface area contributed by atoms with Crippen LogP contribution in [-0.4, -0.2) is 18.9 Å². The smallest absolute Gasteiger partial charge is 0.0896 e. The number of hydrogen-bond acceptors (Lipinski definition) is 3. The normalized spacial score (nSPS) is 15.2. The minimum atomic E-state index is 0.667. The molecule has 0 amide bonds. The van der Waals surface area contributed by atoms with Gasteiger partial charge in [0.15, 0.2) is 0 Å². The Labute approximate surface area is 71.0 Å². The van der Waals surface area contributed by atoms with Crippen molar-refractivity contribution in [3.8, 4) is 0 Å². The van der Waals surface area contributed by atoms with Crippen molar-refractivity contribution in [3.05, 3.63) is 30.3 Å². The van der Waals surface area contributed by atoms with Crippen LogP contribution < -0.4 is 5.43 Å². The Hall–Kier alpha value is -1.35. The van der Waals surface area contributed by atoms with Crippen LogP contribution in [0.25, 0.3) is 0 Å². The van der Waals surface area contributed by atoms with Gasteiger partial charge in [0.05, 0.1) is 24.6 Å². The van der Waals surface area contributed by atoms with Crippen molar-refractivity contribution in [1.29, 1.82) is 0 Å². The summed E-state index contributed by atoms with van der Waals surface area (Å²) in [6.07, 6.45) is 0. The van der Waals surface area contributed by atoms with Crippen LogP contribution in [0.1, 0.15) is 0 Å². The summed E-state index contributed by atoms with van der Waals surface area (Å²) in [5, 5.41) is 4.14. The summed E-state index contributed by atoms with van der Waals surface area (Å²) >= 11 is 0. The Morgan fingerprint density at radius 3 is 2.50 bits per heavy atom. The van der Waals surface area contributed by atoms with Gasteiger partial charge < -0.3 is 4.74 Å². The summed E-state index contributed by atoms with van der Waals surface area (Å²) in [6.45, 7) is 1.33. The largest absolute Gasteiger partial charge is 0.369 e. The van der Waals surface area contributed by atoms with E-state index < -0.39 is 0 Å². The molecular weight excluding hydrogens is 152 g/mol. The maximum Gasteiger partial charge on any atom is 0.0896 e. The van der Waals surface area contributed by atoms with Crippen molar-refractivity contribution in [2.75, 3.05) is 18.6 Å². The predicted octanol–water partition coefficient (Wildman–Crippen LogP) is 1.48. The molecule has 1 saturated heterocycles. The molecule has 1 aromatic carbocycles. The van der Waals surface area contributed by atoms with E-state index in [2.05, 4.69) is 10.5 Å². The molecule has 1 N–H and O–H groups in total. The van der Waals surface area contributed by atoms with E-state index in [1.165, 1.54) is 0 Å². The minimum absolute atomic E-state index is 0.667. The van der Waals surface area contributed by atoms with Gasteiger partial charge in [-0.1, -0.05) is 18.2 Å². The van der Waals surface area contributed by atoms with E-state index in [4.69, 9.17) is 4.74 Å². The second-order valence-electron chi connectivity index (χ2n) is 2.65. The molecule has 2 rings (SSSR count). The van der Waals surface area contributed by atoms with Crippen LogP contribution in [-0.2, 0) is 4.74 Å². The highest BCUT2D eigenvalue weighted by Gasteiger charge is 2.09. The number of benzene rings is 1. The van der Waals surface area contributed by atoms with Crippen molar-refractivity contribution < 1.29 is 4.74 Å². The summed E-state index contributed by atoms with van der Waals surface area (Å²) in [4.78, 5) is 0. The molecule has 0 aliphatic carbocycles. The lowest BCUT2D eigenvalue weighted by Crippen LogP contribution is -2.28. The Bertz CT molecular complexity index is 276. The van der Waals surface area contributed by atoms with E-state index in [0.29, 0.717) is 13.2 Å². The van der Waals surface area contributed by atoms with Gasteiger partial charge in [0.25, 0.3) is 0 Å². The van der Waals surface area contributed by atoms with Crippen LogP contribution >= 0.6 is 0 Å². The molecule has 1 aliphatic rings. The zero-order valence-electron chi connectivity index (χ0n) is 6.66. The van der Waals surface area contributed by atoms with Gasteiger partial charge in [0.1, 0.15) is 0 Å². The van der Waals surface area contributed by atoms with E-state index in [-0.39, 0.29) is 0 Å². The van der Waals surface area contributed by atoms with Crippen molar-refractivity contribution in [2.45, 2.75) is 0 Å². The minimum Gasteiger partial charge on any atom is -0.369 e. The first kappa shape index (κ1) is 7.31. The molecule has 0 unspecified atom stereocenters. The number of anilines is 1.